The Bertz CT molecular complexity index is 539. The molecule has 0 radical (unpaired) electrons. The summed E-state index contributed by atoms with van der Waals surface area (Å²) >= 11 is 0. The second-order valence-corrected chi connectivity index (χ2v) is 5.90. The maximum absolute atomic E-state index is 10.7. The quantitative estimate of drug-likeness (QED) is 0.891. The van der Waals surface area contributed by atoms with Gasteiger partial charge in [-0.25, -0.2) is 9.97 Å². The fourth-order valence-corrected chi connectivity index (χ4v) is 3.20. The zero-order valence-electron chi connectivity index (χ0n) is 12.5. The van der Waals surface area contributed by atoms with Gasteiger partial charge < -0.3 is 10.0 Å². The number of carboxylic acids is 1. The number of piperazine rings is 1. The number of rotatable bonds is 3. The normalized spacial score (nSPS) is 19.4. The summed E-state index contributed by atoms with van der Waals surface area (Å²) in [6.07, 6.45) is 4.62. The maximum atomic E-state index is 10.7. The highest BCUT2D eigenvalue weighted by Crippen LogP contribution is 2.24. The Morgan fingerprint density at radius 2 is 1.86 bits per heavy atom. The van der Waals surface area contributed by atoms with E-state index in [0.29, 0.717) is 0 Å². The van der Waals surface area contributed by atoms with E-state index < -0.39 is 5.97 Å². The van der Waals surface area contributed by atoms with Crippen molar-refractivity contribution in [2.75, 3.05) is 37.6 Å². The maximum Gasteiger partial charge on any atom is 0.317 e. The number of aromatic nitrogens is 2. The van der Waals surface area contributed by atoms with Crippen LogP contribution < -0.4 is 4.90 Å². The van der Waals surface area contributed by atoms with Gasteiger partial charge >= 0.3 is 5.97 Å². The van der Waals surface area contributed by atoms with Crippen LogP contribution in [-0.4, -0.2) is 58.7 Å². The molecule has 2 aliphatic rings. The Morgan fingerprint density at radius 3 is 2.57 bits per heavy atom. The first-order valence-corrected chi connectivity index (χ1v) is 7.69. The summed E-state index contributed by atoms with van der Waals surface area (Å²) in [5, 5.41) is 8.84. The summed E-state index contributed by atoms with van der Waals surface area (Å²) in [6, 6.07) is 0. The summed E-state index contributed by atoms with van der Waals surface area (Å²) < 4.78 is 0. The molecule has 0 saturated carbocycles. The molecule has 6 nitrogen and oxygen atoms in total. The van der Waals surface area contributed by atoms with Crippen molar-refractivity contribution in [2.45, 2.75) is 32.6 Å². The van der Waals surface area contributed by atoms with Gasteiger partial charge in [0, 0.05) is 37.6 Å². The molecule has 21 heavy (non-hydrogen) atoms. The number of fused-ring (bicyclic) bond motifs is 1. The van der Waals surface area contributed by atoms with Gasteiger partial charge in [-0.3, -0.25) is 9.69 Å². The summed E-state index contributed by atoms with van der Waals surface area (Å²) in [5.74, 6) is 0.0625. The van der Waals surface area contributed by atoms with Crippen LogP contribution in [0.4, 0.5) is 5.95 Å². The molecular formula is C15H22N4O2. The van der Waals surface area contributed by atoms with Crippen molar-refractivity contribution in [3.05, 3.63) is 17.0 Å². The molecule has 0 aromatic carbocycles. The van der Waals surface area contributed by atoms with Crippen molar-refractivity contribution >= 4 is 11.9 Å². The lowest BCUT2D eigenvalue weighted by Gasteiger charge is -2.34. The molecule has 1 fully saturated rings. The fourth-order valence-electron chi connectivity index (χ4n) is 3.20. The smallest absolute Gasteiger partial charge is 0.317 e. The van der Waals surface area contributed by atoms with E-state index >= 15 is 0 Å². The largest absolute Gasteiger partial charge is 0.480 e. The topological polar surface area (TPSA) is 69.6 Å². The molecule has 0 spiro atoms. The molecule has 6 heteroatoms. The summed E-state index contributed by atoms with van der Waals surface area (Å²) in [4.78, 5) is 24.3. The van der Waals surface area contributed by atoms with E-state index in [1.807, 2.05) is 4.90 Å². The molecule has 0 amide bonds. The molecule has 1 saturated heterocycles. The third kappa shape index (κ3) is 3.15. The van der Waals surface area contributed by atoms with Gasteiger partial charge in [0.15, 0.2) is 0 Å². The van der Waals surface area contributed by atoms with Crippen molar-refractivity contribution in [2.24, 2.45) is 0 Å². The lowest BCUT2D eigenvalue weighted by molar-refractivity contribution is -0.138. The number of aliphatic carboxylic acids is 1. The van der Waals surface area contributed by atoms with Crippen molar-refractivity contribution < 1.29 is 9.90 Å². The minimum Gasteiger partial charge on any atom is -0.480 e. The van der Waals surface area contributed by atoms with Gasteiger partial charge in [0.25, 0.3) is 0 Å². The Kier molecular flexibility index (Phi) is 4.05. The SMILES string of the molecule is Cc1nc(N2CCN(CC(=O)O)CC2)nc2c1CCCC2. The molecule has 1 aliphatic carbocycles. The average Bonchev–Trinajstić information content (AvgIpc) is 2.47. The van der Waals surface area contributed by atoms with Gasteiger partial charge in [-0.05, 0) is 38.2 Å². The van der Waals surface area contributed by atoms with Gasteiger partial charge in [0.1, 0.15) is 0 Å². The molecule has 1 aliphatic heterocycles. The molecule has 1 aromatic rings. The van der Waals surface area contributed by atoms with Gasteiger partial charge in [-0.1, -0.05) is 0 Å². The molecule has 1 aromatic heterocycles. The predicted molar refractivity (Wildman–Crippen MR) is 79.7 cm³/mol. The molecule has 0 unspecified atom stereocenters. The number of anilines is 1. The summed E-state index contributed by atoms with van der Waals surface area (Å²) in [5.41, 5.74) is 3.67. The third-order valence-electron chi connectivity index (χ3n) is 4.39. The zero-order valence-corrected chi connectivity index (χ0v) is 12.5. The second-order valence-electron chi connectivity index (χ2n) is 5.90. The van der Waals surface area contributed by atoms with E-state index in [0.717, 1.165) is 50.7 Å². The van der Waals surface area contributed by atoms with Crippen LogP contribution in [0.1, 0.15) is 29.8 Å². The van der Waals surface area contributed by atoms with Crippen molar-refractivity contribution in [1.29, 1.82) is 0 Å². The van der Waals surface area contributed by atoms with E-state index in [4.69, 9.17) is 10.1 Å². The van der Waals surface area contributed by atoms with Crippen LogP contribution >= 0.6 is 0 Å². The second kappa shape index (κ2) is 5.97. The first-order chi connectivity index (χ1) is 10.1. The van der Waals surface area contributed by atoms with Gasteiger partial charge in [-0.2, -0.15) is 0 Å². The highest BCUT2D eigenvalue weighted by molar-refractivity contribution is 5.69. The fraction of sp³-hybridized carbons (Fsp3) is 0.667. The van der Waals surface area contributed by atoms with Crippen LogP contribution in [0, 0.1) is 6.92 Å². The lowest BCUT2D eigenvalue weighted by atomic mass is 9.95. The minimum atomic E-state index is -0.760. The molecule has 1 N–H and O–H groups in total. The van der Waals surface area contributed by atoms with Crippen LogP contribution in [0.3, 0.4) is 0 Å². The van der Waals surface area contributed by atoms with Crippen LogP contribution in [0.25, 0.3) is 0 Å². The minimum absolute atomic E-state index is 0.123. The third-order valence-corrected chi connectivity index (χ3v) is 4.39. The number of aryl methyl sites for hydroxylation is 2. The van der Waals surface area contributed by atoms with E-state index in [-0.39, 0.29) is 6.54 Å². The van der Waals surface area contributed by atoms with E-state index in [1.54, 1.807) is 0 Å². The first-order valence-electron chi connectivity index (χ1n) is 7.69. The number of hydrogen-bond acceptors (Lipinski definition) is 5. The molecule has 2 heterocycles. The number of hydrogen-bond donors (Lipinski definition) is 1. The standard InChI is InChI=1S/C15H22N4O2/c1-11-12-4-2-3-5-13(12)17-15(16-11)19-8-6-18(7-9-19)10-14(20)21/h2-10H2,1H3,(H,20,21). The molecule has 3 rings (SSSR count). The Balaban J connectivity index is 1.71. The van der Waals surface area contributed by atoms with Crippen LogP contribution in [0.15, 0.2) is 0 Å². The monoisotopic (exact) mass is 290 g/mol. The number of nitrogens with zero attached hydrogens (tertiary/aromatic N) is 4. The van der Waals surface area contributed by atoms with Crippen LogP contribution in [0.2, 0.25) is 0 Å². The highest BCUT2D eigenvalue weighted by atomic mass is 16.4. The van der Waals surface area contributed by atoms with Crippen molar-refractivity contribution in [3.63, 3.8) is 0 Å². The zero-order chi connectivity index (χ0) is 14.8. The Morgan fingerprint density at radius 1 is 1.14 bits per heavy atom. The summed E-state index contributed by atoms with van der Waals surface area (Å²) in [6.45, 7) is 5.31. The van der Waals surface area contributed by atoms with Gasteiger partial charge in [0.05, 0.1) is 6.54 Å². The van der Waals surface area contributed by atoms with E-state index in [1.165, 1.54) is 24.1 Å². The Labute approximate surface area is 124 Å². The van der Waals surface area contributed by atoms with Crippen LogP contribution in [-0.2, 0) is 17.6 Å². The molecule has 0 atom stereocenters. The first kappa shape index (κ1) is 14.3. The number of carboxylic acid groups (broad SMARTS) is 1. The van der Waals surface area contributed by atoms with Crippen molar-refractivity contribution in [3.8, 4) is 0 Å². The lowest BCUT2D eigenvalue weighted by Crippen LogP contribution is -2.48. The van der Waals surface area contributed by atoms with Gasteiger partial charge in [0.2, 0.25) is 5.95 Å². The molecule has 114 valence electrons. The van der Waals surface area contributed by atoms with Crippen LogP contribution in [0.5, 0.6) is 0 Å². The average molecular weight is 290 g/mol. The van der Waals surface area contributed by atoms with Crippen molar-refractivity contribution in [1.82, 2.24) is 14.9 Å². The highest BCUT2D eigenvalue weighted by Gasteiger charge is 2.23. The number of carbonyl (C=O) groups is 1. The Hall–Kier alpha value is -1.69. The molecular weight excluding hydrogens is 268 g/mol. The van der Waals surface area contributed by atoms with E-state index in [9.17, 15) is 4.79 Å². The summed E-state index contributed by atoms with van der Waals surface area (Å²) in [7, 11) is 0. The van der Waals surface area contributed by atoms with Gasteiger partial charge in [-0.15, -0.1) is 0 Å². The van der Waals surface area contributed by atoms with E-state index in [2.05, 4.69) is 16.8 Å². The molecule has 0 bridgehead atoms. The predicted octanol–water partition coefficient (Wildman–Crippen LogP) is 0.870.